The first kappa shape index (κ1) is 17.7. The lowest BCUT2D eigenvalue weighted by atomic mass is 9.95. The van der Waals surface area contributed by atoms with Crippen LogP contribution in [-0.2, 0) is 17.4 Å². The van der Waals surface area contributed by atoms with Crippen molar-refractivity contribution in [3.63, 3.8) is 0 Å². The Hall–Kier alpha value is -1.68. The Bertz CT molecular complexity index is 618. The number of halogens is 3. The molecule has 1 aliphatic rings. The average molecular weight is 342 g/mol. The minimum absolute atomic E-state index is 0.199. The maximum Gasteiger partial charge on any atom is 0.416 e. The van der Waals surface area contributed by atoms with Gasteiger partial charge in [-0.05, 0) is 30.2 Å². The number of nitrogens with zero attached hydrogens (tertiary/aromatic N) is 1. The number of alkyl halides is 3. The number of rotatable bonds is 4. The van der Waals surface area contributed by atoms with Crippen LogP contribution < -0.4 is 5.32 Å². The molecule has 2 rings (SSSR count). The van der Waals surface area contributed by atoms with Crippen molar-refractivity contribution >= 4 is 17.7 Å². The van der Waals surface area contributed by atoms with Gasteiger partial charge in [-0.15, -0.1) is 0 Å². The molecule has 2 atom stereocenters. The summed E-state index contributed by atoms with van der Waals surface area (Å²) < 4.78 is 38.1. The van der Waals surface area contributed by atoms with E-state index in [2.05, 4.69) is 11.4 Å². The topological polar surface area (TPSA) is 52.9 Å². The van der Waals surface area contributed by atoms with Crippen LogP contribution in [0.3, 0.4) is 0 Å². The number of thioether (sulfide) groups is 1. The number of nitriles is 1. The molecular formula is C16H17F3N2OS. The van der Waals surface area contributed by atoms with E-state index in [1.54, 1.807) is 24.8 Å². The first-order valence-electron chi connectivity index (χ1n) is 7.23. The summed E-state index contributed by atoms with van der Waals surface area (Å²) in [5.74, 6) is 0.558. The Kier molecular flexibility index (Phi) is 5.25. The molecule has 1 aromatic carbocycles. The number of carbonyl (C=O) groups is 1. The number of carbonyl (C=O) groups excluding carboxylic acids is 1. The van der Waals surface area contributed by atoms with Gasteiger partial charge in [0.05, 0.1) is 11.6 Å². The van der Waals surface area contributed by atoms with Crippen molar-refractivity contribution < 1.29 is 18.0 Å². The average Bonchev–Trinajstić information content (AvgIpc) is 2.95. The summed E-state index contributed by atoms with van der Waals surface area (Å²) in [6.07, 6.45) is -3.60. The minimum atomic E-state index is -4.40. The third kappa shape index (κ3) is 4.41. The highest BCUT2D eigenvalue weighted by Crippen LogP contribution is 2.30. The second-order valence-electron chi connectivity index (χ2n) is 5.79. The molecule has 0 aliphatic carbocycles. The van der Waals surface area contributed by atoms with Crippen molar-refractivity contribution in [2.24, 2.45) is 5.92 Å². The van der Waals surface area contributed by atoms with Crippen LogP contribution in [-0.4, -0.2) is 23.0 Å². The predicted octanol–water partition coefficient (Wildman–Crippen LogP) is 3.40. The Morgan fingerprint density at radius 2 is 2.26 bits per heavy atom. The number of hydrogen-bond donors (Lipinski definition) is 1. The standard InChI is InChI=1S/C16H17F3N2OS/c1-11(14(22)21-15(9-20)5-6-23-10-15)7-12-3-2-4-13(8-12)16(17,18)19/h2-4,8,11H,5-7,10H2,1H3,(H,21,22)/t11-,15+/m1/s1. The Morgan fingerprint density at radius 1 is 1.52 bits per heavy atom. The lowest BCUT2D eigenvalue weighted by molar-refractivity contribution is -0.137. The van der Waals surface area contributed by atoms with E-state index >= 15 is 0 Å². The van der Waals surface area contributed by atoms with Crippen LogP contribution in [0, 0.1) is 17.2 Å². The fourth-order valence-electron chi connectivity index (χ4n) is 2.46. The molecule has 0 unspecified atom stereocenters. The molecule has 1 N–H and O–H groups in total. The van der Waals surface area contributed by atoms with E-state index in [4.69, 9.17) is 0 Å². The van der Waals surface area contributed by atoms with Crippen molar-refractivity contribution in [3.05, 3.63) is 35.4 Å². The second kappa shape index (κ2) is 6.83. The molecule has 0 radical (unpaired) electrons. The smallest absolute Gasteiger partial charge is 0.337 e. The molecule has 1 heterocycles. The summed E-state index contributed by atoms with van der Waals surface area (Å²) in [4.78, 5) is 12.3. The number of hydrogen-bond acceptors (Lipinski definition) is 3. The van der Waals surface area contributed by atoms with Gasteiger partial charge >= 0.3 is 6.18 Å². The normalized spacial score (nSPS) is 22.4. The zero-order valence-electron chi connectivity index (χ0n) is 12.6. The summed E-state index contributed by atoms with van der Waals surface area (Å²) in [6, 6.07) is 7.14. The third-order valence-electron chi connectivity index (χ3n) is 3.84. The van der Waals surface area contributed by atoms with Crippen molar-refractivity contribution in [3.8, 4) is 6.07 Å². The van der Waals surface area contributed by atoms with Gasteiger partial charge in [0.2, 0.25) is 5.91 Å². The zero-order valence-corrected chi connectivity index (χ0v) is 13.4. The molecule has 0 bridgehead atoms. The van der Waals surface area contributed by atoms with Gasteiger partial charge in [-0.3, -0.25) is 4.79 Å². The van der Waals surface area contributed by atoms with Gasteiger partial charge < -0.3 is 5.32 Å². The molecule has 0 saturated carbocycles. The van der Waals surface area contributed by atoms with E-state index in [1.807, 2.05) is 0 Å². The fourth-order valence-corrected chi connectivity index (χ4v) is 3.73. The van der Waals surface area contributed by atoms with Crippen LogP contribution in [0.4, 0.5) is 13.2 Å². The van der Waals surface area contributed by atoms with Gasteiger partial charge in [-0.2, -0.15) is 30.2 Å². The van der Waals surface area contributed by atoms with E-state index in [0.29, 0.717) is 17.7 Å². The van der Waals surface area contributed by atoms with Gasteiger partial charge in [0.1, 0.15) is 5.54 Å². The van der Waals surface area contributed by atoms with Crippen LogP contribution in [0.15, 0.2) is 24.3 Å². The van der Waals surface area contributed by atoms with E-state index < -0.39 is 23.2 Å². The number of amides is 1. The molecule has 3 nitrogen and oxygen atoms in total. The van der Waals surface area contributed by atoms with Crippen molar-refractivity contribution in [2.45, 2.75) is 31.5 Å². The van der Waals surface area contributed by atoms with Crippen molar-refractivity contribution in [2.75, 3.05) is 11.5 Å². The van der Waals surface area contributed by atoms with Crippen LogP contribution in [0.2, 0.25) is 0 Å². The summed E-state index contributed by atoms with van der Waals surface area (Å²) in [5, 5.41) is 12.0. The van der Waals surface area contributed by atoms with Crippen molar-refractivity contribution in [1.82, 2.24) is 5.32 Å². The molecule has 1 saturated heterocycles. The van der Waals surface area contributed by atoms with E-state index in [9.17, 15) is 23.2 Å². The first-order chi connectivity index (χ1) is 10.8. The van der Waals surface area contributed by atoms with Gasteiger partial charge in [0.25, 0.3) is 0 Å². The second-order valence-corrected chi connectivity index (χ2v) is 6.89. The van der Waals surface area contributed by atoms with Crippen molar-refractivity contribution in [1.29, 1.82) is 5.26 Å². The highest BCUT2D eigenvalue weighted by Gasteiger charge is 2.37. The van der Waals surface area contributed by atoms with Crippen LogP contribution in [0.1, 0.15) is 24.5 Å². The van der Waals surface area contributed by atoms with Crippen LogP contribution in [0.25, 0.3) is 0 Å². The molecule has 0 aromatic heterocycles. The maximum absolute atomic E-state index is 12.7. The molecule has 23 heavy (non-hydrogen) atoms. The van der Waals surface area contributed by atoms with E-state index in [0.717, 1.165) is 17.9 Å². The highest BCUT2D eigenvalue weighted by atomic mass is 32.2. The number of nitrogens with one attached hydrogen (secondary N) is 1. The zero-order chi connectivity index (χ0) is 17.1. The molecule has 1 fully saturated rings. The fraction of sp³-hybridized carbons (Fsp3) is 0.500. The molecule has 0 spiro atoms. The maximum atomic E-state index is 12.7. The SMILES string of the molecule is C[C@H](Cc1cccc(C(F)(F)F)c1)C(=O)N[C@]1(C#N)CCSC1. The van der Waals surface area contributed by atoms with Gasteiger partial charge in [0, 0.05) is 11.7 Å². The highest BCUT2D eigenvalue weighted by molar-refractivity contribution is 7.99. The van der Waals surface area contributed by atoms with E-state index in [-0.39, 0.29) is 12.3 Å². The molecule has 1 aromatic rings. The summed E-state index contributed by atoms with van der Waals surface area (Å²) in [6.45, 7) is 1.66. The summed E-state index contributed by atoms with van der Waals surface area (Å²) in [7, 11) is 0. The first-order valence-corrected chi connectivity index (χ1v) is 8.38. The largest absolute Gasteiger partial charge is 0.416 e. The van der Waals surface area contributed by atoms with Crippen LogP contribution in [0.5, 0.6) is 0 Å². The molecule has 124 valence electrons. The lowest BCUT2D eigenvalue weighted by Gasteiger charge is -2.23. The Balaban J connectivity index is 2.03. The van der Waals surface area contributed by atoms with Gasteiger partial charge in [-0.1, -0.05) is 25.1 Å². The monoisotopic (exact) mass is 342 g/mol. The molecule has 1 aliphatic heterocycles. The number of benzene rings is 1. The summed E-state index contributed by atoms with van der Waals surface area (Å²) >= 11 is 1.61. The predicted molar refractivity (Wildman–Crippen MR) is 82.7 cm³/mol. The molecule has 7 heteroatoms. The van der Waals surface area contributed by atoms with E-state index in [1.165, 1.54) is 6.07 Å². The minimum Gasteiger partial charge on any atom is -0.337 e. The Morgan fingerprint density at radius 3 is 2.83 bits per heavy atom. The molecular weight excluding hydrogens is 325 g/mol. The quantitative estimate of drug-likeness (QED) is 0.912. The lowest BCUT2D eigenvalue weighted by Crippen LogP contribution is -2.49. The molecule has 1 amide bonds. The van der Waals surface area contributed by atoms with Gasteiger partial charge in [0.15, 0.2) is 0 Å². The third-order valence-corrected chi connectivity index (χ3v) is 5.03. The van der Waals surface area contributed by atoms with Gasteiger partial charge in [-0.25, -0.2) is 0 Å². The Labute approximate surface area is 137 Å². The van der Waals surface area contributed by atoms with Crippen LogP contribution >= 0.6 is 11.8 Å². The summed E-state index contributed by atoms with van der Waals surface area (Å²) in [5.41, 5.74) is -1.11.